The third-order valence-corrected chi connectivity index (χ3v) is 2.99. The first-order valence-corrected chi connectivity index (χ1v) is 6.10. The van der Waals surface area contributed by atoms with Gasteiger partial charge in [-0.25, -0.2) is 9.97 Å². The molecule has 0 saturated heterocycles. The van der Waals surface area contributed by atoms with Crippen LogP contribution in [0, 0.1) is 6.92 Å². The van der Waals surface area contributed by atoms with Gasteiger partial charge in [0.1, 0.15) is 17.5 Å². The van der Waals surface area contributed by atoms with E-state index in [0.717, 1.165) is 30.3 Å². The van der Waals surface area contributed by atoms with E-state index in [4.69, 9.17) is 5.73 Å². The van der Waals surface area contributed by atoms with Gasteiger partial charge in [0.2, 0.25) is 0 Å². The topological polar surface area (TPSA) is 67.1 Å². The number of rotatable bonds is 5. The van der Waals surface area contributed by atoms with Gasteiger partial charge in [0.25, 0.3) is 0 Å². The highest BCUT2D eigenvalue weighted by atomic mass is 15.1. The van der Waals surface area contributed by atoms with Crippen molar-refractivity contribution in [2.45, 2.75) is 25.7 Å². The number of nitrogens with zero attached hydrogens (tertiary/aromatic N) is 3. The molecule has 94 valence electrons. The predicted octanol–water partition coefficient (Wildman–Crippen LogP) is 1.22. The van der Waals surface area contributed by atoms with E-state index in [1.54, 1.807) is 0 Å². The van der Waals surface area contributed by atoms with Crippen LogP contribution in [-0.4, -0.2) is 42.1 Å². The second-order valence-electron chi connectivity index (χ2n) is 4.94. The standard InChI is InChI=1S/C12H21N5/c1-8-10(13)15-12(9-4-5-9)16-11(8)14-6-7-17(2)3/h9H,4-7H2,1-3H3,(H3,13,14,15,16). The predicted molar refractivity (Wildman–Crippen MR) is 70.2 cm³/mol. The lowest BCUT2D eigenvalue weighted by molar-refractivity contribution is 0.425. The number of nitrogens with one attached hydrogen (secondary N) is 1. The van der Waals surface area contributed by atoms with E-state index in [2.05, 4.69) is 34.3 Å². The fraction of sp³-hybridized carbons (Fsp3) is 0.667. The fourth-order valence-electron chi connectivity index (χ4n) is 1.65. The van der Waals surface area contributed by atoms with Crippen LogP contribution in [0.15, 0.2) is 0 Å². The fourth-order valence-corrected chi connectivity index (χ4v) is 1.65. The highest BCUT2D eigenvalue weighted by Crippen LogP contribution is 2.39. The van der Waals surface area contributed by atoms with Gasteiger partial charge in [0.15, 0.2) is 0 Å². The van der Waals surface area contributed by atoms with Gasteiger partial charge in [-0.2, -0.15) is 0 Å². The lowest BCUT2D eigenvalue weighted by Crippen LogP contribution is -2.22. The molecule has 0 amide bonds. The van der Waals surface area contributed by atoms with E-state index >= 15 is 0 Å². The van der Waals surface area contributed by atoms with Crippen molar-refractivity contribution in [3.05, 3.63) is 11.4 Å². The van der Waals surface area contributed by atoms with Gasteiger partial charge in [0, 0.05) is 24.6 Å². The van der Waals surface area contributed by atoms with Crippen molar-refractivity contribution in [1.82, 2.24) is 14.9 Å². The summed E-state index contributed by atoms with van der Waals surface area (Å²) in [5.41, 5.74) is 6.87. The molecule has 5 nitrogen and oxygen atoms in total. The van der Waals surface area contributed by atoms with Crippen LogP contribution in [0.25, 0.3) is 0 Å². The van der Waals surface area contributed by atoms with E-state index in [0.29, 0.717) is 11.7 Å². The number of anilines is 2. The van der Waals surface area contributed by atoms with Gasteiger partial charge in [-0.1, -0.05) is 0 Å². The van der Waals surface area contributed by atoms with Gasteiger partial charge >= 0.3 is 0 Å². The molecule has 0 atom stereocenters. The Morgan fingerprint density at radius 3 is 2.65 bits per heavy atom. The maximum atomic E-state index is 5.92. The maximum Gasteiger partial charge on any atom is 0.136 e. The van der Waals surface area contributed by atoms with Crippen LogP contribution < -0.4 is 11.1 Å². The second kappa shape index (κ2) is 4.87. The van der Waals surface area contributed by atoms with Crippen molar-refractivity contribution in [3.8, 4) is 0 Å². The average Bonchev–Trinajstić information content (AvgIpc) is 3.07. The Bertz CT molecular complexity index is 398. The summed E-state index contributed by atoms with van der Waals surface area (Å²) in [6.45, 7) is 3.81. The molecular weight excluding hydrogens is 214 g/mol. The second-order valence-corrected chi connectivity index (χ2v) is 4.94. The third kappa shape index (κ3) is 3.06. The normalized spacial score (nSPS) is 15.3. The van der Waals surface area contributed by atoms with E-state index in [9.17, 15) is 0 Å². The molecule has 1 saturated carbocycles. The zero-order valence-electron chi connectivity index (χ0n) is 10.8. The summed E-state index contributed by atoms with van der Waals surface area (Å²) in [5, 5.41) is 3.34. The molecule has 0 radical (unpaired) electrons. The van der Waals surface area contributed by atoms with E-state index in [1.165, 1.54) is 12.8 Å². The number of likely N-dealkylation sites (N-methyl/N-ethyl adjacent to an activating group) is 1. The lowest BCUT2D eigenvalue weighted by Gasteiger charge is -2.14. The molecule has 0 unspecified atom stereocenters. The van der Waals surface area contributed by atoms with Crippen LogP contribution >= 0.6 is 0 Å². The maximum absolute atomic E-state index is 5.92. The minimum absolute atomic E-state index is 0.535. The Labute approximate surface area is 102 Å². The SMILES string of the molecule is Cc1c(N)nc(C2CC2)nc1NCCN(C)C. The monoisotopic (exact) mass is 235 g/mol. The zero-order valence-corrected chi connectivity index (χ0v) is 10.8. The molecule has 2 rings (SSSR count). The minimum Gasteiger partial charge on any atom is -0.383 e. The number of hydrogen-bond donors (Lipinski definition) is 2. The smallest absolute Gasteiger partial charge is 0.136 e. The van der Waals surface area contributed by atoms with Crippen molar-refractivity contribution in [1.29, 1.82) is 0 Å². The molecule has 3 N–H and O–H groups in total. The van der Waals surface area contributed by atoms with Gasteiger partial charge in [0.05, 0.1) is 0 Å². The van der Waals surface area contributed by atoms with Gasteiger partial charge < -0.3 is 16.0 Å². The van der Waals surface area contributed by atoms with Crippen molar-refractivity contribution in [3.63, 3.8) is 0 Å². The van der Waals surface area contributed by atoms with E-state index in [-0.39, 0.29) is 0 Å². The van der Waals surface area contributed by atoms with Crippen LogP contribution in [0.2, 0.25) is 0 Å². The molecular formula is C12H21N5. The van der Waals surface area contributed by atoms with E-state index < -0.39 is 0 Å². The van der Waals surface area contributed by atoms with Crippen molar-refractivity contribution in [2.24, 2.45) is 0 Å². The first kappa shape index (κ1) is 12.1. The average molecular weight is 235 g/mol. The van der Waals surface area contributed by atoms with Crippen molar-refractivity contribution >= 4 is 11.6 Å². The first-order valence-electron chi connectivity index (χ1n) is 6.10. The molecule has 17 heavy (non-hydrogen) atoms. The summed E-state index contributed by atoms with van der Waals surface area (Å²) in [4.78, 5) is 11.1. The Kier molecular flexibility index (Phi) is 3.47. The molecule has 0 aliphatic heterocycles. The van der Waals surface area contributed by atoms with Crippen LogP contribution in [-0.2, 0) is 0 Å². The Morgan fingerprint density at radius 2 is 2.06 bits per heavy atom. The molecule has 1 aliphatic rings. The van der Waals surface area contributed by atoms with E-state index in [1.807, 2.05) is 6.92 Å². The Balaban J connectivity index is 2.08. The molecule has 1 aliphatic carbocycles. The quantitative estimate of drug-likeness (QED) is 0.803. The number of hydrogen-bond acceptors (Lipinski definition) is 5. The van der Waals surface area contributed by atoms with Crippen molar-refractivity contribution in [2.75, 3.05) is 38.2 Å². The lowest BCUT2D eigenvalue weighted by atomic mass is 10.3. The summed E-state index contributed by atoms with van der Waals surface area (Å²) in [6, 6.07) is 0. The molecule has 0 bridgehead atoms. The summed E-state index contributed by atoms with van der Waals surface area (Å²) in [7, 11) is 4.11. The third-order valence-electron chi connectivity index (χ3n) is 2.99. The Morgan fingerprint density at radius 1 is 1.35 bits per heavy atom. The van der Waals surface area contributed by atoms with Gasteiger partial charge in [-0.15, -0.1) is 0 Å². The van der Waals surface area contributed by atoms with Crippen LogP contribution in [0.5, 0.6) is 0 Å². The summed E-state index contributed by atoms with van der Waals surface area (Å²) < 4.78 is 0. The molecule has 0 aromatic carbocycles. The zero-order chi connectivity index (χ0) is 12.4. The van der Waals surface area contributed by atoms with Gasteiger partial charge in [-0.3, -0.25) is 0 Å². The molecule has 0 spiro atoms. The number of nitrogens with two attached hydrogens (primary N) is 1. The molecule has 5 heteroatoms. The largest absolute Gasteiger partial charge is 0.383 e. The van der Waals surface area contributed by atoms with Gasteiger partial charge in [-0.05, 0) is 33.9 Å². The Hall–Kier alpha value is -1.36. The number of nitrogen functional groups attached to an aromatic ring is 1. The first-order chi connectivity index (χ1) is 8.08. The van der Waals surface area contributed by atoms with Crippen LogP contribution in [0.3, 0.4) is 0 Å². The summed E-state index contributed by atoms with van der Waals surface area (Å²) >= 11 is 0. The molecule has 1 aromatic rings. The van der Waals surface area contributed by atoms with Crippen molar-refractivity contribution < 1.29 is 0 Å². The number of aromatic nitrogens is 2. The van der Waals surface area contributed by atoms with Crippen LogP contribution in [0.4, 0.5) is 11.6 Å². The summed E-state index contributed by atoms with van der Waals surface area (Å²) in [5.74, 6) is 2.93. The van der Waals surface area contributed by atoms with Crippen LogP contribution in [0.1, 0.15) is 30.1 Å². The minimum atomic E-state index is 0.535. The molecule has 1 heterocycles. The highest BCUT2D eigenvalue weighted by molar-refractivity contribution is 5.55. The molecule has 1 aromatic heterocycles. The summed E-state index contributed by atoms with van der Waals surface area (Å²) in [6.07, 6.45) is 2.39. The molecule has 1 fully saturated rings. The highest BCUT2D eigenvalue weighted by Gasteiger charge is 2.27.